The zero-order valence-corrected chi connectivity index (χ0v) is 10.1. The standard InChI is InChI=1S/C11H8N2OS2/c1-15-11-13-8-9(14)6-4-2-3-5-7(6)12-10(8)16-11/h2-5H,1H3,(H,12,14). The second kappa shape index (κ2) is 3.61. The molecule has 3 aromatic rings. The molecule has 0 aliphatic heterocycles. The molecule has 0 amide bonds. The summed E-state index contributed by atoms with van der Waals surface area (Å²) in [6, 6.07) is 7.52. The maximum absolute atomic E-state index is 12.1. The summed E-state index contributed by atoms with van der Waals surface area (Å²) >= 11 is 3.08. The number of pyridine rings is 1. The summed E-state index contributed by atoms with van der Waals surface area (Å²) in [5.74, 6) is 0. The Kier molecular flexibility index (Phi) is 2.22. The lowest BCUT2D eigenvalue weighted by Gasteiger charge is -1.95. The SMILES string of the molecule is CSc1nc2c(=O)c3ccccc3[nH]c2s1. The van der Waals surface area contributed by atoms with Gasteiger partial charge in [-0.3, -0.25) is 4.79 Å². The van der Waals surface area contributed by atoms with E-state index in [1.807, 2.05) is 30.5 Å². The van der Waals surface area contributed by atoms with E-state index in [-0.39, 0.29) is 5.43 Å². The highest BCUT2D eigenvalue weighted by atomic mass is 32.2. The minimum absolute atomic E-state index is 0.0147. The van der Waals surface area contributed by atoms with Gasteiger partial charge in [-0.15, -0.1) is 0 Å². The number of aromatic nitrogens is 2. The number of H-pyrrole nitrogens is 1. The van der Waals surface area contributed by atoms with Crippen molar-refractivity contribution in [1.29, 1.82) is 0 Å². The topological polar surface area (TPSA) is 45.8 Å². The Morgan fingerprint density at radius 2 is 2.19 bits per heavy atom. The van der Waals surface area contributed by atoms with Crippen molar-refractivity contribution in [1.82, 2.24) is 9.97 Å². The third kappa shape index (κ3) is 1.36. The van der Waals surface area contributed by atoms with Crippen LogP contribution in [0.15, 0.2) is 33.4 Å². The number of nitrogens with zero attached hydrogens (tertiary/aromatic N) is 1. The molecule has 0 saturated heterocycles. The van der Waals surface area contributed by atoms with E-state index in [1.54, 1.807) is 11.8 Å². The lowest BCUT2D eigenvalue weighted by molar-refractivity contribution is 1.30. The Bertz CT molecular complexity index is 730. The number of hydrogen-bond donors (Lipinski definition) is 1. The molecule has 2 aromatic heterocycles. The Balaban J connectivity index is 2.53. The van der Waals surface area contributed by atoms with E-state index in [0.29, 0.717) is 10.9 Å². The van der Waals surface area contributed by atoms with Gasteiger partial charge in [-0.05, 0) is 18.4 Å². The molecule has 5 heteroatoms. The molecule has 2 heterocycles. The first-order chi connectivity index (χ1) is 7.79. The molecule has 0 unspecified atom stereocenters. The van der Waals surface area contributed by atoms with E-state index in [0.717, 1.165) is 14.7 Å². The van der Waals surface area contributed by atoms with Crippen LogP contribution in [0.1, 0.15) is 0 Å². The molecule has 0 radical (unpaired) electrons. The van der Waals surface area contributed by atoms with Crippen LogP contribution in [0.3, 0.4) is 0 Å². The van der Waals surface area contributed by atoms with E-state index >= 15 is 0 Å². The molecule has 0 aliphatic carbocycles. The van der Waals surface area contributed by atoms with Gasteiger partial charge in [0.25, 0.3) is 0 Å². The van der Waals surface area contributed by atoms with Crippen LogP contribution in [-0.2, 0) is 0 Å². The molecule has 3 rings (SSSR count). The Hall–Kier alpha value is -1.33. The van der Waals surface area contributed by atoms with Gasteiger partial charge in [-0.2, -0.15) is 0 Å². The van der Waals surface area contributed by atoms with Gasteiger partial charge in [0.1, 0.15) is 10.3 Å². The van der Waals surface area contributed by atoms with E-state index in [1.165, 1.54) is 11.3 Å². The minimum atomic E-state index is 0.0147. The molecule has 0 atom stereocenters. The fraction of sp³-hybridized carbons (Fsp3) is 0.0909. The Morgan fingerprint density at radius 1 is 1.38 bits per heavy atom. The summed E-state index contributed by atoms with van der Waals surface area (Å²) in [6.45, 7) is 0. The Labute approximate surface area is 99.5 Å². The average Bonchev–Trinajstić information content (AvgIpc) is 2.73. The molecule has 1 N–H and O–H groups in total. The first-order valence-corrected chi connectivity index (χ1v) is 6.79. The van der Waals surface area contributed by atoms with Crippen molar-refractivity contribution in [2.45, 2.75) is 4.34 Å². The maximum Gasteiger partial charge on any atom is 0.216 e. The number of hydrogen-bond acceptors (Lipinski definition) is 4. The lowest BCUT2D eigenvalue weighted by atomic mass is 10.2. The number of thioether (sulfide) groups is 1. The molecule has 3 nitrogen and oxygen atoms in total. The highest BCUT2D eigenvalue weighted by Crippen LogP contribution is 2.26. The Morgan fingerprint density at radius 3 is 3.00 bits per heavy atom. The number of para-hydroxylation sites is 1. The summed E-state index contributed by atoms with van der Waals surface area (Å²) in [7, 11) is 0. The van der Waals surface area contributed by atoms with E-state index < -0.39 is 0 Å². The van der Waals surface area contributed by atoms with Crippen molar-refractivity contribution in [3.8, 4) is 0 Å². The van der Waals surface area contributed by atoms with Gasteiger partial charge in [0.15, 0.2) is 4.34 Å². The largest absolute Gasteiger partial charge is 0.345 e. The van der Waals surface area contributed by atoms with Crippen molar-refractivity contribution in [3.05, 3.63) is 34.5 Å². The van der Waals surface area contributed by atoms with Gasteiger partial charge in [0.2, 0.25) is 5.43 Å². The van der Waals surface area contributed by atoms with Crippen LogP contribution in [0.5, 0.6) is 0 Å². The second-order valence-electron chi connectivity index (χ2n) is 3.36. The summed E-state index contributed by atoms with van der Waals surface area (Å²) in [5, 5.41) is 0.702. The molecular formula is C11H8N2OS2. The van der Waals surface area contributed by atoms with Crippen LogP contribution in [0.4, 0.5) is 0 Å². The third-order valence-corrected chi connectivity index (χ3v) is 4.37. The molecule has 1 aromatic carbocycles. The first kappa shape index (κ1) is 9.86. The number of aromatic amines is 1. The van der Waals surface area contributed by atoms with Crippen LogP contribution < -0.4 is 5.43 Å². The van der Waals surface area contributed by atoms with Gasteiger partial charge in [-0.1, -0.05) is 35.2 Å². The molecule has 0 aliphatic rings. The van der Waals surface area contributed by atoms with E-state index in [9.17, 15) is 4.79 Å². The molecule has 80 valence electrons. The zero-order valence-electron chi connectivity index (χ0n) is 8.48. The predicted molar refractivity (Wildman–Crippen MR) is 69.5 cm³/mol. The van der Waals surface area contributed by atoms with Crippen molar-refractivity contribution in [2.24, 2.45) is 0 Å². The van der Waals surface area contributed by atoms with Gasteiger partial charge < -0.3 is 4.98 Å². The number of fused-ring (bicyclic) bond motifs is 2. The van der Waals surface area contributed by atoms with E-state index in [2.05, 4.69) is 9.97 Å². The third-order valence-electron chi connectivity index (χ3n) is 2.42. The summed E-state index contributed by atoms with van der Waals surface area (Å²) in [4.78, 5) is 20.6. The smallest absolute Gasteiger partial charge is 0.216 e. The second-order valence-corrected chi connectivity index (χ2v) is 5.41. The van der Waals surface area contributed by atoms with Crippen LogP contribution >= 0.6 is 23.1 Å². The first-order valence-electron chi connectivity index (χ1n) is 4.75. The zero-order chi connectivity index (χ0) is 11.1. The highest BCUT2D eigenvalue weighted by Gasteiger charge is 2.09. The fourth-order valence-corrected chi connectivity index (χ4v) is 3.14. The highest BCUT2D eigenvalue weighted by molar-refractivity contribution is 8.00. The fourth-order valence-electron chi connectivity index (χ4n) is 1.67. The number of thiazole rings is 1. The van der Waals surface area contributed by atoms with Gasteiger partial charge >= 0.3 is 0 Å². The van der Waals surface area contributed by atoms with Crippen molar-refractivity contribution in [3.63, 3.8) is 0 Å². The van der Waals surface area contributed by atoms with Crippen molar-refractivity contribution >= 4 is 44.3 Å². The molecule has 0 bridgehead atoms. The lowest BCUT2D eigenvalue weighted by Crippen LogP contribution is -2.03. The van der Waals surface area contributed by atoms with Crippen LogP contribution in [0.25, 0.3) is 21.3 Å². The summed E-state index contributed by atoms with van der Waals surface area (Å²) in [6.07, 6.45) is 1.96. The van der Waals surface area contributed by atoms with Gasteiger partial charge in [0, 0.05) is 5.39 Å². The molecule has 0 fully saturated rings. The number of benzene rings is 1. The van der Waals surface area contributed by atoms with E-state index in [4.69, 9.17) is 0 Å². The summed E-state index contributed by atoms with van der Waals surface area (Å²) < 4.78 is 0.915. The average molecular weight is 248 g/mol. The maximum atomic E-state index is 12.1. The normalized spacial score (nSPS) is 11.3. The quantitative estimate of drug-likeness (QED) is 0.673. The van der Waals surface area contributed by atoms with Crippen LogP contribution in [0, 0.1) is 0 Å². The minimum Gasteiger partial charge on any atom is -0.345 e. The molecule has 0 spiro atoms. The predicted octanol–water partition coefficient (Wildman–Crippen LogP) is 2.86. The molecule has 16 heavy (non-hydrogen) atoms. The monoisotopic (exact) mass is 248 g/mol. The van der Waals surface area contributed by atoms with Crippen LogP contribution in [0.2, 0.25) is 0 Å². The van der Waals surface area contributed by atoms with Gasteiger partial charge in [-0.25, -0.2) is 4.98 Å². The van der Waals surface area contributed by atoms with Crippen molar-refractivity contribution in [2.75, 3.05) is 6.26 Å². The molecular weight excluding hydrogens is 240 g/mol. The molecule has 0 saturated carbocycles. The van der Waals surface area contributed by atoms with Crippen molar-refractivity contribution < 1.29 is 0 Å². The van der Waals surface area contributed by atoms with Gasteiger partial charge in [0.05, 0.1) is 5.52 Å². The number of rotatable bonds is 1. The summed E-state index contributed by atoms with van der Waals surface area (Å²) in [5.41, 5.74) is 1.44. The van der Waals surface area contributed by atoms with Crippen LogP contribution in [-0.4, -0.2) is 16.2 Å². The number of nitrogens with one attached hydrogen (secondary N) is 1.